The smallest absolute Gasteiger partial charge is 0.239 e. The van der Waals surface area contributed by atoms with Gasteiger partial charge in [-0.2, -0.15) is 0 Å². The molecule has 0 fully saturated rings. The summed E-state index contributed by atoms with van der Waals surface area (Å²) < 4.78 is 13.2. The lowest BCUT2D eigenvalue weighted by Crippen LogP contribution is -2.37. The number of carbonyl (C=O) groups excluding carboxylic acids is 1. The van der Waals surface area contributed by atoms with Gasteiger partial charge in [-0.3, -0.25) is 14.8 Å². The Bertz CT molecular complexity index is 835. The van der Waals surface area contributed by atoms with Crippen LogP contribution in [0.2, 0.25) is 0 Å². The molecule has 1 aromatic carbocycles. The molecule has 1 aromatic heterocycles. The maximum Gasteiger partial charge on any atom is 0.239 e. The van der Waals surface area contributed by atoms with Crippen molar-refractivity contribution in [2.45, 2.75) is 25.3 Å². The molecule has 0 aliphatic carbocycles. The van der Waals surface area contributed by atoms with E-state index in [0.29, 0.717) is 18.7 Å². The van der Waals surface area contributed by atoms with E-state index < -0.39 is 11.9 Å². The fourth-order valence-electron chi connectivity index (χ4n) is 3.49. The molecule has 0 saturated heterocycles. The molecule has 2 aromatic rings. The van der Waals surface area contributed by atoms with Crippen molar-refractivity contribution in [1.82, 2.24) is 10.3 Å². The Labute approximate surface area is 164 Å². The zero-order chi connectivity index (χ0) is 19.8. The standard InChI is InChI=1S/C22H25FN4O/c23-19-6-4-18(5-7-19)20(21(24)28)27-14-11-22(9-2-13-26-16-22)10-8-17-3-1-12-25-15-17/h1-7,9,12-13,15,20,27H,8,10-11,14,16H2,(H2,24,28). The Morgan fingerprint density at radius 1 is 1.25 bits per heavy atom. The monoisotopic (exact) mass is 380 g/mol. The summed E-state index contributed by atoms with van der Waals surface area (Å²) in [5, 5.41) is 3.23. The first-order valence-electron chi connectivity index (χ1n) is 9.43. The van der Waals surface area contributed by atoms with E-state index in [9.17, 15) is 9.18 Å². The number of amides is 1. The Balaban J connectivity index is 1.62. The summed E-state index contributed by atoms with van der Waals surface area (Å²) in [5.41, 5.74) is 7.33. The predicted molar refractivity (Wildman–Crippen MR) is 108 cm³/mol. The van der Waals surface area contributed by atoms with Crippen LogP contribution in [0.15, 0.2) is 65.9 Å². The zero-order valence-corrected chi connectivity index (χ0v) is 15.7. The number of pyridine rings is 1. The van der Waals surface area contributed by atoms with E-state index in [1.807, 2.05) is 24.6 Å². The fourth-order valence-corrected chi connectivity index (χ4v) is 3.49. The number of allylic oxidation sites excluding steroid dienone is 1. The van der Waals surface area contributed by atoms with Crippen LogP contribution in [0.25, 0.3) is 0 Å². The number of rotatable bonds is 9. The van der Waals surface area contributed by atoms with Gasteiger partial charge in [-0.15, -0.1) is 0 Å². The fraction of sp³-hybridized carbons (Fsp3) is 0.318. The molecule has 3 rings (SSSR count). The molecule has 1 aliphatic rings. The van der Waals surface area contributed by atoms with E-state index in [2.05, 4.69) is 27.4 Å². The minimum Gasteiger partial charge on any atom is -0.368 e. The van der Waals surface area contributed by atoms with Crippen molar-refractivity contribution in [3.63, 3.8) is 0 Å². The predicted octanol–water partition coefficient (Wildman–Crippen LogP) is 2.99. The summed E-state index contributed by atoms with van der Waals surface area (Å²) in [4.78, 5) is 20.5. The molecule has 0 radical (unpaired) electrons. The first-order chi connectivity index (χ1) is 13.6. The van der Waals surface area contributed by atoms with Crippen LogP contribution in [0.1, 0.15) is 30.0 Å². The van der Waals surface area contributed by atoms with Gasteiger partial charge in [-0.05, 0) is 61.2 Å². The van der Waals surface area contributed by atoms with Gasteiger partial charge in [0, 0.05) is 30.6 Å². The number of hydrogen-bond donors (Lipinski definition) is 2. The average molecular weight is 380 g/mol. The molecule has 0 bridgehead atoms. The van der Waals surface area contributed by atoms with E-state index in [1.165, 1.54) is 17.7 Å². The number of nitrogens with zero attached hydrogens (tertiary/aromatic N) is 2. The summed E-state index contributed by atoms with van der Waals surface area (Å²) >= 11 is 0. The lowest BCUT2D eigenvalue weighted by Gasteiger charge is -2.31. The SMILES string of the molecule is NC(=O)C(NCCC1(CCc2cccnc2)C=CC=NC1)c1ccc(F)cc1. The number of aromatic nitrogens is 1. The van der Waals surface area contributed by atoms with Gasteiger partial charge in [-0.25, -0.2) is 4.39 Å². The minimum absolute atomic E-state index is 0.0808. The third-order valence-electron chi connectivity index (χ3n) is 5.14. The topological polar surface area (TPSA) is 80.4 Å². The molecule has 2 heterocycles. The molecule has 2 atom stereocenters. The number of nitrogens with two attached hydrogens (primary N) is 1. The molecular formula is C22H25FN4O. The maximum absolute atomic E-state index is 13.2. The Morgan fingerprint density at radius 2 is 2.07 bits per heavy atom. The van der Waals surface area contributed by atoms with Crippen molar-refractivity contribution in [2.75, 3.05) is 13.1 Å². The number of nitrogens with one attached hydrogen (secondary N) is 1. The van der Waals surface area contributed by atoms with Crippen LogP contribution >= 0.6 is 0 Å². The van der Waals surface area contributed by atoms with Crippen molar-refractivity contribution < 1.29 is 9.18 Å². The second-order valence-corrected chi connectivity index (χ2v) is 7.16. The highest BCUT2D eigenvalue weighted by molar-refractivity contribution is 5.81. The van der Waals surface area contributed by atoms with Gasteiger partial charge in [0.1, 0.15) is 11.9 Å². The maximum atomic E-state index is 13.2. The molecular weight excluding hydrogens is 355 g/mol. The van der Waals surface area contributed by atoms with Crippen molar-refractivity contribution in [3.8, 4) is 0 Å². The zero-order valence-electron chi connectivity index (χ0n) is 15.7. The molecule has 0 spiro atoms. The lowest BCUT2D eigenvalue weighted by molar-refractivity contribution is -0.120. The van der Waals surface area contributed by atoms with Crippen molar-refractivity contribution in [2.24, 2.45) is 16.1 Å². The Hall–Kier alpha value is -2.86. The third-order valence-corrected chi connectivity index (χ3v) is 5.14. The normalized spacial score (nSPS) is 19.5. The largest absolute Gasteiger partial charge is 0.368 e. The third kappa shape index (κ3) is 5.33. The lowest BCUT2D eigenvalue weighted by atomic mass is 9.78. The number of hydrogen-bond acceptors (Lipinski definition) is 4. The number of aliphatic imine (C=N–C) groups is 1. The van der Waals surface area contributed by atoms with Gasteiger partial charge in [0.15, 0.2) is 0 Å². The summed E-state index contributed by atoms with van der Waals surface area (Å²) in [7, 11) is 0. The number of aryl methyl sites for hydroxylation is 1. The molecule has 0 saturated carbocycles. The van der Waals surface area contributed by atoms with Crippen LogP contribution in [-0.4, -0.2) is 30.2 Å². The minimum atomic E-state index is -0.646. The van der Waals surface area contributed by atoms with E-state index in [4.69, 9.17) is 5.73 Å². The van der Waals surface area contributed by atoms with Crippen molar-refractivity contribution in [3.05, 3.63) is 77.9 Å². The molecule has 3 N–H and O–H groups in total. The van der Waals surface area contributed by atoms with Crippen LogP contribution in [0, 0.1) is 11.2 Å². The number of primary amides is 1. The second-order valence-electron chi connectivity index (χ2n) is 7.16. The first kappa shape index (κ1) is 19.9. The molecule has 1 amide bonds. The molecule has 5 nitrogen and oxygen atoms in total. The Morgan fingerprint density at radius 3 is 2.71 bits per heavy atom. The highest BCUT2D eigenvalue weighted by Crippen LogP contribution is 2.32. The number of halogens is 1. The summed E-state index contributed by atoms with van der Waals surface area (Å²) in [5.74, 6) is -0.820. The van der Waals surface area contributed by atoms with Gasteiger partial charge in [0.05, 0.1) is 0 Å². The molecule has 2 unspecified atom stereocenters. The average Bonchev–Trinajstić information content (AvgIpc) is 2.72. The summed E-state index contributed by atoms with van der Waals surface area (Å²) in [6, 6.07) is 9.21. The highest BCUT2D eigenvalue weighted by atomic mass is 19.1. The summed E-state index contributed by atoms with van der Waals surface area (Å²) in [6.45, 7) is 1.31. The van der Waals surface area contributed by atoms with Crippen LogP contribution in [0.4, 0.5) is 4.39 Å². The van der Waals surface area contributed by atoms with Crippen LogP contribution in [-0.2, 0) is 11.2 Å². The number of dihydropyridines is 1. The summed E-state index contributed by atoms with van der Waals surface area (Å²) in [6.07, 6.45) is 12.3. The second kappa shape index (κ2) is 9.37. The van der Waals surface area contributed by atoms with Gasteiger partial charge >= 0.3 is 0 Å². The van der Waals surface area contributed by atoms with Crippen LogP contribution in [0.5, 0.6) is 0 Å². The van der Waals surface area contributed by atoms with E-state index >= 15 is 0 Å². The first-order valence-corrected chi connectivity index (χ1v) is 9.43. The molecule has 28 heavy (non-hydrogen) atoms. The molecule has 6 heteroatoms. The quantitative estimate of drug-likeness (QED) is 0.702. The van der Waals surface area contributed by atoms with Gasteiger partial charge in [-0.1, -0.05) is 24.3 Å². The number of benzene rings is 1. The van der Waals surface area contributed by atoms with Gasteiger partial charge in [0.2, 0.25) is 5.91 Å². The van der Waals surface area contributed by atoms with Crippen molar-refractivity contribution in [1.29, 1.82) is 0 Å². The number of carbonyl (C=O) groups is 1. The van der Waals surface area contributed by atoms with Crippen molar-refractivity contribution >= 4 is 12.1 Å². The van der Waals surface area contributed by atoms with E-state index in [1.54, 1.807) is 18.3 Å². The van der Waals surface area contributed by atoms with Crippen LogP contribution in [0.3, 0.4) is 0 Å². The Kier molecular flexibility index (Phi) is 6.66. The molecule has 146 valence electrons. The van der Waals surface area contributed by atoms with Gasteiger partial charge in [0.25, 0.3) is 0 Å². The van der Waals surface area contributed by atoms with E-state index in [0.717, 1.165) is 19.3 Å². The molecule has 1 aliphatic heterocycles. The van der Waals surface area contributed by atoms with Gasteiger partial charge < -0.3 is 11.1 Å². The highest BCUT2D eigenvalue weighted by Gasteiger charge is 2.28. The van der Waals surface area contributed by atoms with E-state index in [-0.39, 0.29) is 11.2 Å². The van der Waals surface area contributed by atoms with Crippen LogP contribution < -0.4 is 11.1 Å².